The van der Waals surface area contributed by atoms with Gasteiger partial charge in [-0.2, -0.15) is 10.2 Å². The molecule has 4 aromatic carbocycles. The maximum atomic E-state index is 10.9. The summed E-state index contributed by atoms with van der Waals surface area (Å²) in [5.74, 6) is -0.980. The highest BCUT2D eigenvalue weighted by Crippen LogP contribution is 2.26. The van der Waals surface area contributed by atoms with E-state index in [1.165, 1.54) is 0 Å². The van der Waals surface area contributed by atoms with Gasteiger partial charge >= 0.3 is 11.9 Å². The first-order chi connectivity index (χ1) is 23.2. The summed E-state index contributed by atoms with van der Waals surface area (Å²) in [6, 6.07) is 30.0. The lowest BCUT2D eigenvalue weighted by atomic mass is 9.98. The lowest BCUT2D eigenvalue weighted by Gasteiger charge is -2.08. The molecule has 0 amide bonds. The van der Waals surface area contributed by atoms with E-state index in [0.29, 0.717) is 0 Å². The summed E-state index contributed by atoms with van der Waals surface area (Å²) in [5.41, 5.74) is 3.21. The van der Waals surface area contributed by atoms with Crippen LogP contribution in [0.4, 0.5) is 11.4 Å². The number of carbonyl (C=O) groups is 2. The zero-order valence-corrected chi connectivity index (χ0v) is 27.0. The number of aromatic nitrogens is 2. The van der Waals surface area contributed by atoms with Gasteiger partial charge in [-0.25, -0.2) is 0 Å². The summed E-state index contributed by atoms with van der Waals surface area (Å²) in [6.07, 6.45) is 6.73. The minimum Gasteiger partial charge on any atom is -0.497 e. The number of azo groups is 1. The highest BCUT2D eigenvalue weighted by atomic mass is 16.5. The van der Waals surface area contributed by atoms with Gasteiger partial charge in [0.1, 0.15) is 11.5 Å². The third kappa shape index (κ3) is 9.67. The molecule has 0 aliphatic heterocycles. The molecule has 10 heteroatoms. The predicted octanol–water partition coefficient (Wildman–Crippen LogP) is 8.97. The number of carboxylic acid groups (broad SMARTS) is 2. The number of rotatable bonds is 8. The van der Waals surface area contributed by atoms with Crippen molar-refractivity contribution in [3.63, 3.8) is 0 Å². The van der Waals surface area contributed by atoms with Gasteiger partial charge in [0.15, 0.2) is 0 Å². The second kappa shape index (κ2) is 17.0. The monoisotopic (exact) mass is 644 g/mol. The topological polar surface area (TPSA) is 144 Å². The molecule has 0 unspecified atom stereocenters. The Hall–Kier alpha value is -6.16. The molecule has 0 aliphatic rings. The van der Waals surface area contributed by atoms with Gasteiger partial charge in [-0.3, -0.25) is 19.6 Å². The number of methoxy groups -OCH3 is 2. The molecule has 0 aliphatic carbocycles. The number of carboxylic acids is 2. The van der Waals surface area contributed by atoms with E-state index in [4.69, 9.17) is 19.7 Å². The SMILES string of the molecule is COc1ccc2cc([C@H](C)C(=O)O)ccc2c1.COc1ccc2cc([C@H](C)C(=O)O)ccc2c1.c1cc(N=Nc2ccncc2)ccn1. The smallest absolute Gasteiger partial charge is 0.310 e. The number of hydrogen-bond acceptors (Lipinski definition) is 8. The van der Waals surface area contributed by atoms with Crippen molar-refractivity contribution >= 4 is 44.9 Å². The lowest BCUT2D eigenvalue weighted by Crippen LogP contribution is -2.06. The summed E-state index contributed by atoms with van der Waals surface area (Å²) in [4.78, 5) is 29.6. The van der Waals surface area contributed by atoms with Crippen molar-refractivity contribution in [1.82, 2.24) is 9.97 Å². The van der Waals surface area contributed by atoms with Crippen LogP contribution in [0.1, 0.15) is 36.8 Å². The van der Waals surface area contributed by atoms with Gasteiger partial charge in [-0.1, -0.05) is 48.5 Å². The molecule has 0 fully saturated rings. The Morgan fingerprint density at radius 3 is 1.21 bits per heavy atom. The van der Waals surface area contributed by atoms with Crippen LogP contribution in [0.2, 0.25) is 0 Å². The summed E-state index contributed by atoms with van der Waals surface area (Å²) >= 11 is 0. The molecule has 10 nitrogen and oxygen atoms in total. The molecular weight excluding hydrogens is 608 g/mol. The normalized spacial score (nSPS) is 11.8. The molecule has 2 aromatic heterocycles. The highest BCUT2D eigenvalue weighted by Gasteiger charge is 2.14. The summed E-state index contributed by atoms with van der Waals surface area (Å²) in [5, 5.41) is 30.1. The second-order valence-electron chi connectivity index (χ2n) is 10.7. The van der Waals surface area contributed by atoms with Gasteiger partial charge in [0.25, 0.3) is 0 Å². The minimum atomic E-state index is -0.808. The third-order valence-corrected chi connectivity index (χ3v) is 7.49. The van der Waals surface area contributed by atoms with Crippen LogP contribution in [0.5, 0.6) is 11.5 Å². The van der Waals surface area contributed by atoms with Crippen LogP contribution in [0.25, 0.3) is 21.5 Å². The van der Waals surface area contributed by atoms with Crippen molar-refractivity contribution in [3.8, 4) is 11.5 Å². The number of hydrogen-bond donors (Lipinski definition) is 2. The number of benzene rings is 4. The summed E-state index contributed by atoms with van der Waals surface area (Å²) in [7, 11) is 3.25. The van der Waals surface area contributed by atoms with Crippen LogP contribution in [0, 0.1) is 0 Å². The van der Waals surface area contributed by atoms with Crippen molar-refractivity contribution in [2.24, 2.45) is 10.2 Å². The van der Waals surface area contributed by atoms with Gasteiger partial charge < -0.3 is 19.7 Å². The number of aliphatic carboxylic acids is 2. The molecule has 2 atom stereocenters. The molecule has 0 bridgehead atoms. The first-order valence-electron chi connectivity index (χ1n) is 15.0. The fourth-order valence-electron chi connectivity index (χ4n) is 4.50. The first kappa shape index (κ1) is 34.7. The van der Waals surface area contributed by atoms with Crippen LogP contribution < -0.4 is 9.47 Å². The van der Waals surface area contributed by atoms with Gasteiger partial charge in [-0.05, 0) is 95.1 Å². The Morgan fingerprint density at radius 2 is 0.875 bits per heavy atom. The molecule has 0 saturated carbocycles. The standard InChI is InChI=1S/2C14H14O3.C10H8N4/c2*1-9(14(15)16)10-3-4-12-8-13(17-2)6-5-11(12)7-10;1-5-11-6-2-9(1)13-14-10-3-7-12-8-4-10/h2*3-9H,1-2H3,(H,15,16);1-8H/t2*9-;/m00./s1. The second-order valence-corrected chi connectivity index (χ2v) is 10.7. The van der Waals surface area contributed by atoms with E-state index in [1.54, 1.807) is 77.1 Å². The lowest BCUT2D eigenvalue weighted by molar-refractivity contribution is -0.139. The van der Waals surface area contributed by atoms with Crippen molar-refractivity contribution in [2.45, 2.75) is 25.7 Å². The maximum Gasteiger partial charge on any atom is 0.310 e. The molecule has 0 radical (unpaired) electrons. The van der Waals surface area contributed by atoms with Gasteiger partial charge in [0.05, 0.1) is 37.4 Å². The largest absolute Gasteiger partial charge is 0.497 e. The Labute approximate surface area is 278 Å². The van der Waals surface area contributed by atoms with Crippen molar-refractivity contribution in [2.75, 3.05) is 14.2 Å². The third-order valence-electron chi connectivity index (χ3n) is 7.49. The van der Waals surface area contributed by atoms with Crippen LogP contribution in [0.3, 0.4) is 0 Å². The highest BCUT2D eigenvalue weighted by molar-refractivity contribution is 5.87. The average molecular weight is 645 g/mol. The van der Waals surface area contributed by atoms with E-state index in [9.17, 15) is 9.59 Å². The van der Waals surface area contributed by atoms with Gasteiger partial charge in [0.2, 0.25) is 0 Å². The molecule has 244 valence electrons. The van der Waals surface area contributed by atoms with Crippen molar-refractivity contribution < 1.29 is 29.3 Å². The molecule has 2 N–H and O–H groups in total. The van der Waals surface area contributed by atoms with Crippen LogP contribution >= 0.6 is 0 Å². The zero-order valence-electron chi connectivity index (χ0n) is 27.0. The van der Waals surface area contributed by atoms with Crippen LogP contribution in [-0.4, -0.2) is 46.3 Å². The van der Waals surface area contributed by atoms with Crippen LogP contribution in [0.15, 0.2) is 132 Å². The number of fused-ring (bicyclic) bond motifs is 2. The number of nitrogens with zero attached hydrogens (tertiary/aromatic N) is 4. The number of pyridine rings is 2. The van der Waals surface area contributed by atoms with Crippen molar-refractivity contribution in [3.05, 3.63) is 133 Å². The molecule has 6 aromatic rings. The minimum absolute atomic E-state index is 0.485. The Morgan fingerprint density at radius 1 is 0.542 bits per heavy atom. The average Bonchev–Trinajstić information content (AvgIpc) is 3.13. The van der Waals surface area contributed by atoms with E-state index in [0.717, 1.165) is 55.5 Å². The molecule has 0 saturated heterocycles. The van der Waals surface area contributed by atoms with E-state index < -0.39 is 23.8 Å². The van der Waals surface area contributed by atoms with E-state index >= 15 is 0 Å². The fourth-order valence-corrected chi connectivity index (χ4v) is 4.50. The van der Waals surface area contributed by atoms with E-state index in [1.807, 2.05) is 72.8 Å². The Bertz CT molecular complexity index is 1860. The molecule has 6 rings (SSSR count). The molecular formula is C38H36N4O6. The van der Waals surface area contributed by atoms with Gasteiger partial charge in [-0.15, -0.1) is 0 Å². The summed E-state index contributed by atoms with van der Waals surface area (Å²) < 4.78 is 10.3. The molecule has 2 heterocycles. The van der Waals surface area contributed by atoms with E-state index in [-0.39, 0.29) is 0 Å². The quantitative estimate of drug-likeness (QED) is 0.156. The Kier molecular flexibility index (Phi) is 12.3. The molecule has 0 spiro atoms. The van der Waals surface area contributed by atoms with Crippen molar-refractivity contribution in [1.29, 1.82) is 0 Å². The van der Waals surface area contributed by atoms with Gasteiger partial charge in [0, 0.05) is 24.8 Å². The Balaban J connectivity index is 0.000000163. The van der Waals surface area contributed by atoms with E-state index in [2.05, 4.69) is 20.2 Å². The molecule has 48 heavy (non-hydrogen) atoms. The fraction of sp³-hybridized carbons (Fsp3) is 0.158. The van der Waals surface area contributed by atoms with Crippen LogP contribution in [-0.2, 0) is 9.59 Å². The number of ether oxygens (including phenoxy) is 2. The maximum absolute atomic E-state index is 10.9. The summed E-state index contributed by atoms with van der Waals surface area (Å²) in [6.45, 7) is 3.38. The first-order valence-corrected chi connectivity index (χ1v) is 15.0. The zero-order chi connectivity index (χ0) is 34.5. The predicted molar refractivity (Wildman–Crippen MR) is 186 cm³/mol.